The van der Waals surface area contributed by atoms with Gasteiger partial charge in [0.15, 0.2) is 0 Å². The number of hydrogen-bond acceptors (Lipinski definition) is 4. The van der Waals surface area contributed by atoms with E-state index in [1.165, 1.54) is 0 Å². The van der Waals surface area contributed by atoms with E-state index in [0.717, 1.165) is 45.6 Å². The summed E-state index contributed by atoms with van der Waals surface area (Å²) in [5.41, 5.74) is 12.6. The number of nitrogens with two attached hydrogens (primary N) is 1. The van der Waals surface area contributed by atoms with E-state index in [-0.39, 0.29) is 11.8 Å². The molecule has 1 atom stereocenters. The minimum absolute atomic E-state index is 0.0824. The fraction of sp³-hybridized carbons (Fsp3) is 0.267. The number of benzene rings is 1. The summed E-state index contributed by atoms with van der Waals surface area (Å²) in [6.45, 7) is 0. The Labute approximate surface area is 125 Å². The number of fused-ring (bicyclic) bond motifs is 2. The highest BCUT2D eigenvalue weighted by Gasteiger charge is 2.27. The molecule has 0 saturated heterocycles. The number of amides is 1. The Hall–Kier alpha value is -2.21. The molecular weight excluding hydrogens is 284 g/mol. The zero-order valence-electron chi connectivity index (χ0n) is 11.3. The Balaban J connectivity index is 1.79. The maximum Gasteiger partial charge on any atom is 0.220 e. The van der Waals surface area contributed by atoms with Crippen molar-refractivity contribution in [2.24, 2.45) is 11.7 Å². The van der Waals surface area contributed by atoms with Gasteiger partial charge in [-0.1, -0.05) is 6.07 Å². The van der Waals surface area contributed by atoms with Crippen LogP contribution in [0.5, 0.6) is 0 Å². The van der Waals surface area contributed by atoms with Crippen LogP contribution in [0.15, 0.2) is 23.7 Å². The third kappa shape index (κ3) is 2.03. The number of carbonyl (C=O) groups excluding carboxylic acids is 1. The van der Waals surface area contributed by atoms with Crippen LogP contribution in [0.2, 0.25) is 0 Å². The average Bonchev–Trinajstić information content (AvgIpc) is 3.12. The lowest BCUT2D eigenvalue weighted by Crippen LogP contribution is -2.28. The van der Waals surface area contributed by atoms with Gasteiger partial charge in [-0.05, 0) is 31.4 Å². The SMILES string of the molecule is NC(=O)C1CCc2[nH]nc(-c3ccc4ncsc4c3)c2C1. The van der Waals surface area contributed by atoms with Crippen LogP contribution in [0.4, 0.5) is 0 Å². The molecule has 0 aliphatic heterocycles. The zero-order chi connectivity index (χ0) is 14.4. The van der Waals surface area contributed by atoms with Crippen molar-refractivity contribution in [3.63, 3.8) is 0 Å². The van der Waals surface area contributed by atoms with Crippen LogP contribution in [0.25, 0.3) is 21.5 Å². The van der Waals surface area contributed by atoms with Crippen molar-refractivity contribution in [2.45, 2.75) is 19.3 Å². The number of carbonyl (C=O) groups is 1. The second-order valence-electron chi connectivity index (χ2n) is 5.41. The molecule has 0 saturated carbocycles. The molecule has 1 amide bonds. The molecule has 1 aliphatic rings. The van der Waals surface area contributed by atoms with Crippen LogP contribution < -0.4 is 5.73 Å². The number of nitrogens with one attached hydrogen (secondary N) is 1. The van der Waals surface area contributed by atoms with Crippen molar-refractivity contribution < 1.29 is 4.79 Å². The van der Waals surface area contributed by atoms with Crippen LogP contribution in [0.3, 0.4) is 0 Å². The van der Waals surface area contributed by atoms with E-state index >= 15 is 0 Å². The van der Waals surface area contributed by atoms with Crippen molar-refractivity contribution in [1.82, 2.24) is 15.2 Å². The van der Waals surface area contributed by atoms with Gasteiger partial charge in [-0.15, -0.1) is 11.3 Å². The third-order valence-corrected chi connectivity index (χ3v) is 4.94. The molecular formula is C15H14N4OS. The minimum Gasteiger partial charge on any atom is -0.369 e. The first-order chi connectivity index (χ1) is 10.2. The van der Waals surface area contributed by atoms with E-state index in [4.69, 9.17) is 5.73 Å². The molecule has 5 nitrogen and oxygen atoms in total. The first-order valence-corrected chi connectivity index (χ1v) is 7.79. The molecule has 1 unspecified atom stereocenters. The Bertz CT molecular complexity index is 835. The van der Waals surface area contributed by atoms with Crippen molar-refractivity contribution >= 4 is 27.5 Å². The maximum absolute atomic E-state index is 11.5. The molecule has 3 aromatic rings. The maximum atomic E-state index is 11.5. The van der Waals surface area contributed by atoms with Crippen molar-refractivity contribution in [3.8, 4) is 11.3 Å². The van der Waals surface area contributed by atoms with Crippen LogP contribution in [0, 0.1) is 5.92 Å². The van der Waals surface area contributed by atoms with Gasteiger partial charge in [0, 0.05) is 22.7 Å². The lowest BCUT2D eigenvalue weighted by molar-refractivity contribution is -0.122. The van der Waals surface area contributed by atoms with Gasteiger partial charge in [0.2, 0.25) is 5.91 Å². The summed E-state index contributed by atoms with van der Waals surface area (Å²) in [7, 11) is 0. The summed E-state index contributed by atoms with van der Waals surface area (Å²) in [4.78, 5) is 15.8. The molecule has 4 rings (SSSR count). The Morgan fingerprint density at radius 1 is 1.43 bits per heavy atom. The zero-order valence-corrected chi connectivity index (χ0v) is 12.1. The Morgan fingerprint density at radius 3 is 3.19 bits per heavy atom. The topological polar surface area (TPSA) is 84.7 Å². The van der Waals surface area contributed by atoms with Gasteiger partial charge in [-0.3, -0.25) is 9.89 Å². The predicted molar refractivity (Wildman–Crippen MR) is 81.9 cm³/mol. The molecule has 0 fully saturated rings. The van der Waals surface area contributed by atoms with Gasteiger partial charge >= 0.3 is 0 Å². The molecule has 106 valence electrons. The summed E-state index contributed by atoms with van der Waals surface area (Å²) in [6, 6.07) is 6.15. The van der Waals surface area contributed by atoms with Gasteiger partial charge < -0.3 is 5.73 Å². The Kier molecular flexibility index (Phi) is 2.78. The largest absolute Gasteiger partial charge is 0.369 e. The lowest BCUT2D eigenvalue weighted by Gasteiger charge is -2.19. The highest BCUT2D eigenvalue weighted by Crippen LogP contribution is 2.33. The quantitative estimate of drug-likeness (QED) is 0.761. The molecule has 21 heavy (non-hydrogen) atoms. The molecule has 3 N–H and O–H groups in total. The number of nitrogens with zero attached hydrogens (tertiary/aromatic N) is 2. The smallest absolute Gasteiger partial charge is 0.220 e. The summed E-state index contributed by atoms with van der Waals surface area (Å²) < 4.78 is 1.14. The summed E-state index contributed by atoms with van der Waals surface area (Å²) in [5, 5.41) is 7.57. The standard InChI is InChI=1S/C15H14N4OS/c16-15(20)9-2-3-11-10(5-9)14(19-18-11)8-1-4-12-13(6-8)21-7-17-12/h1,4,6-7,9H,2-3,5H2,(H2,16,20)(H,18,19). The van der Waals surface area contributed by atoms with Gasteiger partial charge in [0.1, 0.15) is 0 Å². The fourth-order valence-corrected chi connectivity index (χ4v) is 3.70. The predicted octanol–water partition coefficient (Wildman–Crippen LogP) is 2.28. The normalized spacial score (nSPS) is 17.8. The fourth-order valence-electron chi connectivity index (χ4n) is 2.98. The number of hydrogen-bond donors (Lipinski definition) is 2. The van der Waals surface area contributed by atoms with Crippen LogP contribution in [-0.4, -0.2) is 21.1 Å². The molecule has 2 heterocycles. The number of H-pyrrole nitrogens is 1. The summed E-state index contributed by atoms with van der Waals surface area (Å²) >= 11 is 1.62. The molecule has 0 radical (unpaired) electrons. The van der Waals surface area contributed by atoms with Crippen molar-refractivity contribution in [2.75, 3.05) is 0 Å². The number of thiazole rings is 1. The van der Waals surface area contributed by atoms with E-state index < -0.39 is 0 Å². The van der Waals surface area contributed by atoms with E-state index in [1.54, 1.807) is 11.3 Å². The molecule has 1 aliphatic carbocycles. The van der Waals surface area contributed by atoms with Gasteiger partial charge in [-0.25, -0.2) is 4.98 Å². The van der Waals surface area contributed by atoms with Crippen LogP contribution in [0.1, 0.15) is 17.7 Å². The van der Waals surface area contributed by atoms with Gasteiger partial charge in [0.05, 0.1) is 21.4 Å². The first-order valence-electron chi connectivity index (χ1n) is 6.91. The second-order valence-corrected chi connectivity index (χ2v) is 6.29. The highest BCUT2D eigenvalue weighted by atomic mass is 32.1. The molecule has 0 bridgehead atoms. The summed E-state index contributed by atoms with van der Waals surface area (Å²) in [6.07, 6.45) is 2.31. The minimum atomic E-state index is -0.217. The second kappa shape index (κ2) is 4.66. The number of aromatic amines is 1. The number of primary amides is 1. The van der Waals surface area contributed by atoms with Gasteiger partial charge in [-0.2, -0.15) is 5.10 Å². The van der Waals surface area contributed by atoms with E-state index in [0.29, 0.717) is 6.42 Å². The van der Waals surface area contributed by atoms with Gasteiger partial charge in [0.25, 0.3) is 0 Å². The van der Waals surface area contributed by atoms with Crippen molar-refractivity contribution in [1.29, 1.82) is 0 Å². The Morgan fingerprint density at radius 2 is 2.33 bits per heavy atom. The van der Waals surface area contributed by atoms with E-state index in [1.807, 2.05) is 17.6 Å². The third-order valence-electron chi connectivity index (χ3n) is 4.15. The number of aryl methyl sites for hydroxylation is 1. The summed E-state index contributed by atoms with van der Waals surface area (Å²) in [5.74, 6) is -0.299. The molecule has 2 aromatic heterocycles. The lowest BCUT2D eigenvalue weighted by atomic mass is 9.85. The molecule has 6 heteroatoms. The van der Waals surface area contributed by atoms with E-state index in [2.05, 4.69) is 21.2 Å². The van der Waals surface area contributed by atoms with E-state index in [9.17, 15) is 4.79 Å². The number of rotatable bonds is 2. The van der Waals surface area contributed by atoms with Crippen LogP contribution >= 0.6 is 11.3 Å². The van der Waals surface area contributed by atoms with Crippen molar-refractivity contribution in [3.05, 3.63) is 35.0 Å². The average molecular weight is 298 g/mol. The monoisotopic (exact) mass is 298 g/mol. The van der Waals surface area contributed by atoms with Crippen LogP contribution in [-0.2, 0) is 17.6 Å². The number of aromatic nitrogens is 3. The molecule has 1 aromatic carbocycles. The highest BCUT2D eigenvalue weighted by molar-refractivity contribution is 7.16. The first kappa shape index (κ1) is 12.5. The molecule has 0 spiro atoms.